The van der Waals surface area contributed by atoms with Crippen molar-refractivity contribution >= 4 is 47.1 Å². The third-order valence-corrected chi connectivity index (χ3v) is 7.75. The van der Waals surface area contributed by atoms with Crippen molar-refractivity contribution in [3.05, 3.63) is 106 Å². The van der Waals surface area contributed by atoms with E-state index >= 15 is 0 Å². The quantitative estimate of drug-likeness (QED) is 0.264. The molecule has 1 atom stereocenters. The minimum Gasteiger partial charge on any atom is -0.489 e. The van der Waals surface area contributed by atoms with Crippen molar-refractivity contribution in [1.82, 2.24) is 10.2 Å². The molecule has 0 spiro atoms. The Morgan fingerprint density at radius 2 is 1.66 bits per heavy atom. The monoisotopic (exact) mass is 594 g/mol. The molecule has 2 N–H and O–H groups in total. The second kappa shape index (κ2) is 14.7. The number of hydrogen-bond donors (Lipinski definition) is 2. The fourth-order valence-corrected chi connectivity index (χ4v) is 4.97. The SMILES string of the molecule is O=C(CC1CCN(C(=O)/C=C/c2ccc(Cl)c(Cl)c2)CC1)N[C@@H](Cc1ccc(OCc2ccccc2)cc1)C(=O)O. The summed E-state index contributed by atoms with van der Waals surface area (Å²) >= 11 is 12.0. The first-order valence-electron chi connectivity index (χ1n) is 13.5. The summed E-state index contributed by atoms with van der Waals surface area (Å²) in [6.07, 6.45) is 4.92. The number of carboxylic acid groups (broad SMARTS) is 1. The Labute approximate surface area is 249 Å². The number of amides is 2. The molecule has 214 valence electrons. The molecule has 0 bridgehead atoms. The second-order valence-electron chi connectivity index (χ2n) is 10.1. The van der Waals surface area contributed by atoms with Gasteiger partial charge < -0.3 is 20.1 Å². The van der Waals surface area contributed by atoms with Gasteiger partial charge in [-0.1, -0.05) is 71.7 Å². The van der Waals surface area contributed by atoms with Gasteiger partial charge in [0.25, 0.3) is 0 Å². The van der Waals surface area contributed by atoms with Crippen LogP contribution in [0.15, 0.2) is 78.9 Å². The Kier molecular flexibility index (Phi) is 10.8. The molecule has 3 aromatic rings. The van der Waals surface area contributed by atoms with Crippen molar-refractivity contribution in [3.63, 3.8) is 0 Å². The lowest BCUT2D eigenvalue weighted by Crippen LogP contribution is -2.44. The van der Waals surface area contributed by atoms with Gasteiger partial charge in [0.1, 0.15) is 18.4 Å². The molecule has 0 radical (unpaired) electrons. The number of carbonyl (C=O) groups excluding carboxylic acids is 2. The van der Waals surface area contributed by atoms with E-state index in [-0.39, 0.29) is 30.6 Å². The van der Waals surface area contributed by atoms with Gasteiger partial charge in [-0.3, -0.25) is 9.59 Å². The van der Waals surface area contributed by atoms with Crippen LogP contribution in [0.5, 0.6) is 5.75 Å². The average Bonchev–Trinajstić information content (AvgIpc) is 2.97. The van der Waals surface area contributed by atoms with E-state index in [4.69, 9.17) is 27.9 Å². The van der Waals surface area contributed by atoms with Gasteiger partial charge in [0, 0.05) is 32.0 Å². The maximum atomic E-state index is 12.7. The summed E-state index contributed by atoms with van der Waals surface area (Å²) in [6, 6.07) is 21.2. The summed E-state index contributed by atoms with van der Waals surface area (Å²) in [7, 11) is 0. The molecule has 0 aliphatic carbocycles. The molecule has 41 heavy (non-hydrogen) atoms. The van der Waals surface area contributed by atoms with E-state index in [0.29, 0.717) is 48.3 Å². The molecule has 2 amide bonds. The van der Waals surface area contributed by atoms with Gasteiger partial charge in [-0.25, -0.2) is 4.79 Å². The maximum Gasteiger partial charge on any atom is 0.326 e. The molecule has 7 nitrogen and oxygen atoms in total. The summed E-state index contributed by atoms with van der Waals surface area (Å²) in [5.41, 5.74) is 2.62. The van der Waals surface area contributed by atoms with Crippen molar-refractivity contribution in [2.45, 2.75) is 38.3 Å². The van der Waals surface area contributed by atoms with Crippen LogP contribution in [0, 0.1) is 5.92 Å². The highest BCUT2D eigenvalue weighted by molar-refractivity contribution is 6.42. The van der Waals surface area contributed by atoms with Crippen LogP contribution >= 0.6 is 23.2 Å². The van der Waals surface area contributed by atoms with Crippen LogP contribution < -0.4 is 10.1 Å². The number of ether oxygens (including phenoxy) is 1. The average molecular weight is 596 g/mol. The molecule has 1 aliphatic heterocycles. The van der Waals surface area contributed by atoms with E-state index in [1.54, 1.807) is 41.3 Å². The van der Waals surface area contributed by atoms with Crippen molar-refractivity contribution in [2.24, 2.45) is 5.92 Å². The predicted octanol–water partition coefficient (Wildman–Crippen LogP) is 6.03. The zero-order chi connectivity index (χ0) is 29.2. The Hall–Kier alpha value is -3.81. The highest BCUT2D eigenvalue weighted by atomic mass is 35.5. The van der Waals surface area contributed by atoms with Crippen LogP contribution in [-0.2, 0) is 27.4 Å². The van der Waals surface area contributed by atoms with Crippen LogP contribution in [0.2, 0.25) is 10.0 Å². The van der Waals surface area contributed by atoms with Gasteiger partial charge in [0.2, 0.25) is 11.8 Å². The number of piperidine rings is 1. The fraction of sp³-hybridized carbons (Fsp3) is 0.281. The van der Waals surface area contributed by atoms with E-state index in [1.165, 1.54) is 6.08 Å². The van der Waals surface area contributed by atoms with Crippen LogP contribution in [-0.4, -0.2) is 46.9 Å². The number of likely N-dealkylation sites (tertiary alicyclic amines) is 1. The predicted molar refractivity (Wildman–Crippen MR) is 160 cm³/mol. The van der Waals surface area contributed by atoms with Crippen LogP contribution in [0.1, 0.15) is 36.0 Å². The fourth-order valence-electron chi connectivity index (χ4n) is 4.66. The number of hydrogen-bond acceptors (Lipinski definition) is 4. The molecule has 0 aromatic heterocycles. The normalized spacial score (nSPS) is 14.5. The standard InChI is InChI=1S/C32H32Cl2N2O5/c33-27-12-8-22(18-28(27)34)9-13-31(38)36-16-14-24(15-17-36)20-30(37)35-29(32(39)40)19-23-6-10-26(11-7-23)41-21-25-4-2-1-3-5-25/h1-13,18,24,29H,14-17,19-21H2,(H,35,37)(H,39,40)/b13-9+/t29-/m0/s1. The van der Waals surface area contributed by atoms with Crippen molar-refractivity contribution in [3.8, 4) is 5.75 Å². The Morgan fingerprint density at radius 1 is 0.951 bits per heavy atom. The molecule has 1 fully saturated rings. The zero-order valence-electron chi connectivity index (χ0n) is 22.5. The number of carboxylic acids is 1. The van der Waals surface area contributed by atoms with Gasteiger partial charge in [-0.05, 0) is 65.8 Å². The van der Waals surface area contributed by atoms with Crippen molar-refractivity contribution in [1.29, 1.82) is 0 Å². The number of nitrogens with zero attached hydrogens (tertiary/aromatic N) is 1. The minimum atomic E-state index is -1.09. The molecular weight excluding hydrogens is 563 g/mol. The van der Waals surface area contributed by atoms with E-state index < -0.39 is 12.0 Å². The van der Waals surface area contributed by atoms with Gasteiger partial charge in [0.05, 0.1) is 10.0 Å². The maximum absolute atomic E-state index is 12.7. The molecule has 4 rings (SSSR count). The molecule has 0 unspecified atom stereocenters. The smallest absolute Gasteiger partial charge is 0.326 e. The first-order chi connectivity index (χ1) is 19.8. The first-order valence-corrected chi connectivity index (χ1v) is 14.2. The van der Waals surface area contributed by atoms with Gasteiger partial charge in [-0.15, -0.1) is 0 Å². The first kappa shape index (κ1) is 30.2. The van der Waals surface area contributed by atoms with E-state index in [9.17, 15) is 19.5 Å². The third-order valence-electron chi connectivity index (χ3n) is 7.01. The van der Waals surface area contributed by atoms with Gasteiger partial charge in [0.15, 0.2) is 0 Å². The number of aliphatic carboxylic acids is 1. The topological polar surface area (TPSA) is 95.9 Å². The molecule has 1 saturated heterocycles. The Morgan fingerprint density at radius 3 is 2.32 bits per heavy atom. The minimum absolute atomic E-state index is 0.0774. The molecular formula is C32H32Cl2N2O5. The molecule has 9 heteroatoms. The largest absolute Gasteiger partial charge is 0.489 e. The Balaban J connectivity index is 1.21. The Bertz CT molecular complexity index is 1370. The van der Waals surface area contributed by atoms with E-state index in [0.717, 1.165) is 16.7 Å². The lowest BCUT2D eigenvalue weighted by Gasteiger charge is -2.31. The second-order valence-corrected chi connectivity index (χ2v) is 10.9. The summed E-state index contributed by atoms with van der Waals surface area (Å²) in [4.78, 5) is 38.9. The van der Waals surface area contributed by atoms with Gasteiger partial charge in [-0.2, -0.15) is 0 Å². The number of carbonyl (C=O) groups is 3. The molecule has 3 aromatic carbocycles. The zero-order valence-corrected chi connectivity index (χ0v) is 24.0. The molecule has 0 saturated carbocycles. The summed E-state index contributed by atoms with van der Waals surface area (Å²) in [5.74, 6) is -0.736. The third kappa shape index (κ3) is 9.37. The summed E-state index contributed by atoms with van der Waals surface area (Å²) < 4.78 is 5.79. The van der Waals surface area contributed by atoms with Crippen LogP contribution in [0.4, 0.5) is 0 Å². The summed E-state index contributed by atoms with van der Waals surface area (Å²) in [5, 5.41) is 13.3. The van der Waals surface area contributed by atoms with Crippen LogP contribution in [0.25, 0.3) is 6.08 Å². The highest BCUT2D eigenvalue weighted by Crippen LogP contribution is 2.24. The van der Waals surface area contributed by atoms with Crippen LogP contribution in [0.3, 0.4) is 0 Å². The van der Waals surface area contributed by atoms with E-state index in [1.807, 2.05) is 42.5 Å². The van der Waals surface area contributed by atoms with E-state index in [2.05, 4.69) is 5.32 Å². The number of nitrogens with one attached hydrogen (secondary N) is 1. The van der Waals surface area contributed by atoms with Crippen molar-refractivity contribution in [2.75, 3.05) is 13.1 Å². The lowest BCUT2D eigenvalue weighted by molar-refractivity contribution is -0.142. The van der Waals surface area contributed by atoms with Crippen molar-refractivity contribution < 1.29 is 24.2 Å². The number of rotatable bonds is 11. The van der Waals surface area contributed by atoms with Gasteiger partial charge >= 0.3 is 5.97 Å². The molecule has 1 heterocycles. The molecule has 1 aliphatic rings. The number of halogens is 2. The lowest BCUT2D eigenvalue weighted by atomic mass is 9.93. The summed E-state index contributed by atoms with van der Waals surface area (Å²) in [6.45, 7) is 1.50. The highest BCUT2D eigenvalue weighted by Gasteiger charge is 2.26. The number of benzene rings is 3.